The van der Waals surface area contributed by atoms with Gasteiger partial charge in [0, 0.05) is 12.3 Å². The maximum atomic E-state index is 13.6. The number of H-pyrrole nitrogens is 1. The minimum atomic E-state index is -0.429. The fraction of sp³-hybridized carbons (Fsp3) is 0.185. The first-order valence-corrected chi connectivity index (χ1v) is 11.3. The molecule has 3 heterocycles. The Kier molecular flexibility index (Phi) is 8.14. The van der Waals surface area contributed by atoms with E-state index in [4.69, 9.17) is 16.4 Å². The molecule has 1 aliphatic rings. The first-order chi connectivity index (χ1) is 16.7. The summed E-state index contributed by atoms with van der Waals surface area (Å²) in [5.74, 6) is -0.429. The fourth-order valence-electron chi connectivity index (χ4n) is 3.32. The van der Waals surface area contributed by atoms with Gasteiger partial charge in [-0.2, -0.15) is 0 Å². The van der Waals surface area contributed by atoms with Crippen LogP contribution in [0.4, 0.5) is 4.39 Å². The highest BCUT2D eigenvalue weighted by atomic mass is 35.5. The van der Waals surface area contributed by atoms with Crippen LogP contribution in [-0.4, -0.2) is 26.1 Å². The largest absolute Gasteiger partial charge is 0.346 e. The fourth-order valence-corrected chi connectivity index (χ4v) is 3.56. The zero-order valence-corrected chi connectivity index (χ0v) is 20.6. The lowest BCUT2D eigenvalue weighted by Crippen LogP contribution is -2.18. The zero-order chi connectivity index (χ0) is 25.7. The van der Waals surface area contributed by atoms with E-state index in [0.717, 1.165) is 0 Å². The third kappa shape index (κ3) is 6.00. The van der Waals surface area contributed by atoms with Gasteiger partial charge >= 0.3 is 0 Å². The average Bonchev–Trinajstić information content (AvgIpc) is 3.46. The van der Waals surface area contributed by atoms with Gasteiger partial charge in [-0.1, -0.05) is 47.5 Å². The van der Waals surface area contributed by atoms with Crippen molar-refractivity contribution in [3.8, 4) is 0 Å². The van der Waals surface area contributed by atoms with Gasteiger partial charge in [0.15, 0.2) is 5.65 Å². The summed E-state index contributed by atoms with van der Waals surface area (Å²) in [6.07, 6.45) is 4.27. The summed E-state index contributed by atoms with van der Waals surface area (Å²) >= 11 is 6.10. The molecule has 2 aromatic carbocycles. The smallest absolute Gasteiger partial charge is 0.268 e. The summed E-state index contributed by atoms with van der Waals surface area (Å²) in [4.78, 5) is 32.1. The number of benzene rings is 2. The number of halogens is 2. The lowest BCUT2D eigenvalue weighted by Gasteiger charge is -2.07. The maximum absolute atomic E-state index is 13.6. The van der Waals surface area contributed by atoms with Crippen molar-refractivity contribution in [3.63, 3.8) is 0 Å². The maximum Gasteiger partial charge on any atom is 0.268 e. The number of carbonyl (C=O) groups excluding carboxylic acids is 1. The van der Waals surface area contributed by atoms with Gasteiger partial charge < -0.3 is 9.78 Å². The second-order valence-electron chi connectivity index (χ2n) is 8.22. The summed E-state index contributed by atoms with van der Waals surface area (Å²) in [5.41, 5.74) is 5.43. The van der Waals surface area contributed by atoms with Crippen LogP contribution in [-0.2, 0) is 4.79 Å². The van der Waals surface area contributed by atoms with Gasteiger partial charge in [-0.25, -0.2) is 18.8 Å². The molecular formula is C27H26ClFN4O2. The van der Waals surface area contributed by atoms with E-state index in [1.807, 2.05) is 6.79 Å². The quantitative estimate of drug-likeness (QED) is 0.157. The standard InChI is InChI=1S/C14H8ClFN4O.C8H10.C4H6.CH2O/c1-6-4-7(16)5-9-10(6)13(21)20-12(18-9)8-2-3-17-11(8)19-14(20)15;1-7-3-5-8(2)6-4-7;1-4-2-3-4;1-2/h2-5,17H,1H3;3-6H,1-2H3;1-3H2;1H2. The van der Waals surface area contributed by atoms with Gasteiger partial charge in [0.1, 0.15) is 18.3 Å². The molecule has 0 unspecified atom stereocenters. The molecule has 3 aromatic heterocycles. The Labute approximate surface area is 207 Å². The first-order valence-electron chi connectivity index (χ1n) is 10.9. The number of fused-ring (bicyclic) bond motifs is 4. The van der Waals surface area contributed by atoms with E-state index < -0.39 is 5.82 Å². The van der Waals surface area contributed by atoms with Gasteiger partial charge in [-0.3, -0.25) is 4.79 Å². The van der Waals surface area contributed by atoms with Crippen molar-refractivity contribution >= 4 is 46.0 Å². The van der Waals surface area contributed by atoms with E-state index in [1.54, 1.807) is 19.2 Å². The topological polar surface area (TPSA) is 80.1 Å². The number of rotatable bonds is 0. The van der Waals surface area contributed by atoms with Gasteiger partial charge in [-0.05, 0) is 62.9 Å². The van der Waals surface area contributed by atoms with Crippen LogP contribution >= 0.6 is 11.6 Å². The van der Waals surface area contributed by atoms with Gasteiger partial charge in [-0.15, -0.1) is 0 Å². The molecule has 180 valence electrons. The van der Waals surface area contributed by atoms with E-state index in [9.17, 15) is 9.18 Å². The Morgan fingerprint density at radius 2 is 1.57 bits per heavy atom. The number of nitrogens with one attached hydrogen (secondary N) is 1. The second kappa shape index (κ2) is 11.1. The number of hydrogen-bond acceptors (Lipinski definition) is 4. The zero-order valence-electron chi connectivity index (χ0n) is 19.9. The van der Waals surface area contributed by atoms with Crippen LogP contribution in [0, 0.1) is 26.6 Å². The molecule has 1 aliphatic carbocycles. The second-order valence-corrected chi connectivity index (χ2v) is 8.56. The van der Waals surface area contributed by atoms with Crippen molar-refractivity contribution in [3.05, 3.63) is 99.0 Å². The molecular weight excluding hydrogens is 467 g/mol. The summed E-state index contributed by atoms with van der Waals surface area (Å²) in [6.45, 7) is 11.5. The molecule has 0 saturated heterocycles. The summed E-state index contributed by atoms with van der Waals surface area (Å²) in [5, 5.41) is 1.01. The average molecular weight is 493 g/mol. The van der Waals surface area contributed by atoms with Crippen LogP contribution in [0.25, 0.3) is 27.6 Å². The summed E-state index contributed by atoms with van der Waals surface area (Å²) in [6, 6.07) is 12.8. The number of aromatic amines is 1. The number of carbonyl (C=O) groups is 1. The Bertz CT molecular complexity index is 1550. The van der Waals surface area contributed by atoms with E-state index in [1.165, 1.54) is 46.1 Å². The first kappa shape index (κ1) is 25.8. The highest BCUT2D eigenvalue weighted by Gasteiger charge is 2.15. The molecule has 0 spiro atoms. The Hall–Kier alpha value is -3.84. The molecule has 5 aromatic rings. The molecule has 0 bridgehead atoms. The van der Waals surface area contributed by atoms with E-state index >= 15 is 0 Å². The Balaban J connectivity index is 0.000000201. The number of aryl methyl sites for hydroxylation is 3. The van der Waals surface area contributed by atoms with Gasteiger partial charge in [0.2, 0.25) is 5.28 Å². The number of aromatic nitrogens is 4. The molecule has 0 radical (unpaired) electrons. The van der Waals surface area contributed by atoms with Crippen molar-refractivity contribution in [1.82, 2.24) is 19.4 Å². The molecule has 0 aliphatic heterocycles. The molecule has 0 atom stereocenters. The van der Waals surface area contributed by atoms with Crippen molar-refractivity contribution in [2.24, 2.45) is 0 Å². The van der Waals surface area contributed by atoms with Crippen LogP contribution < -0.4 is 5.56 Å². The van der Waals surface area contributed by atoms with Crippen molar-refractivity contribution in [2.45, 2.75) is 33.6 Å². The SMILES string of the molecule is C=C1CC1.C=O.Cc1cc(F)cc2nc3c4cc[nH]c4nc(Cl)n3c(=O)c12.Cc1ccc(C)cc1. The minimum absolute atomic E-state index is 0.0167. The molecule has 0 amide bonds. The van der Waals surface area contributed by atoms with Crippen LogP contribution in [0.5, 0.6) is 0 Å². The molecule has 1 N–H and O–H groups in total. The summed E-state index contributed by atoms with van der Waals surface area (Å²) in [7, 11) is 0. The predicted molar refractivity (Wildman–Crippen MR) is 140 cm³/mol. The third-order valence-electron chi connectivity index (χ3n) is 5.31. The van der Waals surface area contributed by atoms with Crippen LogP contribution in [0.15, 0.2) is 65.6 Å². The normalized spacial score (nSPS) is 11.7. The van der Waals surface area contributed by atoms with Gasteiger partial charge in [0.25, 0.3) is 5.56 Å². The molecule has 8 heteroatoms. The van der Waals surface area contributed by atoms with Crippen molar-refractivity contribution < 1.29 is 9.18 Å². The third-order valence-corrected chi connectivity index (χ3v) is 5.56. The number of hydrogen-bond donors (Lipinski definition) is 1. The number of nitrogens with zero attached hydrogens (tertiary/aromatic N) is 3. The van der Waals surface area contributed by atoms with Crippen LogP contribution in [0.2, 0.25) is 5.28 Å². The highest BCUT2D eigenvalue weighted by molar-refractivity contribution is 6.29. The molecule has 6 nitrogen and oxygen atoms in total. The Morgan fingerprint density at radius 3 is 2.11 bits per heavy atom. The van der Waals surface area contributed by atoms with E-state index in [0.29, 0.717) is 33.1 Å². The monoisotopic (exact) mass is 492 g/mol. The van der Waals surface area contributed by atoms with Crippen molar-refractivity contribution in [1.29, 1.82) is 0 Å². The van der Waals surface area contributed by atoms with Crippen LogP contribution in [0.3, 0.4) is 0 Å². The lowest BCUT2D eigenvalue weighted by molar-refractivity contribution is -0.0979. The van der Waals surface area contributed by atoms with Crippen LogP contribution in [0.1, 0.15) is 29.5 Å². The predicted octanol–water partition coefficient (Wildman–Crippen LogP) is 6.28. The minimum Gasteiger partial charge on any atom is -0.346 e. The number of allylic oxidation sites excluding steroid dienone is 1. The summed E-state index contributed by atoms with van der Waals surface area (Å²) < 4.78 is 14.8. The van der Waals surface area contributed by atoms with E-state index in [2.05, 4.69) is 59.6 Å². The molecule has 6 rings (SSSR count). The lowest BCUT2D eigenvalue weighted by atomic mass is 10.1. The van der Waals surface area contributed by atoms with E-state index in [-0.39, 0.29) is 10.8 Å². The molecule has 1 fully saturated rings. The highest BCUT2D eigenvalue weighted by Crippen LogP contribution is 2.24. The molecule has 1 saturated carbocycles. The molecule has 35 heavy (non-hydrogen) atoms. The van der Waals surface area contributed by atoms with Crippen molar-refractivity contribution in [2.75, 3.05) is 0 Å². The Morgan fingerprint density at radius 1 is 1.00 bits per heavy atom. The van der Waals surface area contributed by atoms with Gasteiger partial charge in [0.05, 0.1) is 16.3 Å².